The Hall–Kier alpha value is -4.93. The molecule has 11 heteroatoms. The lowest BCUT2D eigenvalue weighted by Crippen LogP contribution is -2.37. The van der Waals surface area contributed by atoms with Gasteiger partial charge in [0.2, 0.25) is 5.95 Å². The van der Waals surface area contributed by atoms with E-state index in [-0.39, 0.29) is 17.4 Å². The van der Waals surface area contributed by atoms with Crippen molar-refractivity contribution in [1.29, 1.82) is 0 Å². The van der Waals surface area contributed by atoms with Gasteiger partial charge in [0.25, 0.3) is 11.5 Å². The molecule has 200 valence electrons. The van der Waals surface area contributed by atoms with E-state index in [1.807, 2.05) is 0 Å². The standard InChI is InChI=1S/C28H27N5O6/c1-16-20-11-13-24(34)33(25(20)31-28(29-16)32-14-4-5-21(32)27(36)37)19-9-6-17(7-10-19)26(35)30-18-8-12-22(38-2)23(15-18)39-3/h6-13,15,21H,4-5,14H2,1-3H3,(H,30,35)(H,36,37)/t21-/m0/s1. The molecule has 0 saturated carbocycles. The van der Waals surface area contributed by atoms with Crippen LogP contribution in [0.2, 0.25) is 0 Å². The Morgan fingerprint density at radius 1 is 1.00 bits per heavy atom. The van der Waals surface area contributed by atoms with Crippen LogP contribution in [-0.4, -0.2) is 58.3 Å². The third-order valence-corrected chi connectivity index (χ3v) is 6.75. The van der Waals surface area contributed by atoms with Gasteiger partial charge >= 0.3 is 5.97 Å². The molecule has 11 nitrogen and oxygen atoms in total. The van der Waals surface area contributed by atoms with Crippen molar-refractivity contribution in [3.63, 3.8) is 0 Å². The number of hydrogen-bond donors (Lipinski definition) is 2. The fraction of sp³-hybridized carbons (Fsp3) is 0.250. The van der Waals surface area contributed by atoms with Gasteiger partial charge in [-0.15, -0.1) is 0 Å². The zero-order valence-electron chi connectivity index (χ0n) is 21.7. The van der Waals surface area contributed by atoms with Crippen LogP contribution in [0.4, 0.5) is 11.6 Å². The Bertz CT molecular complexity index is 1630. The van der Waals surface area contributed by atoms with Gasteiger partial charge in [0.05, 0.1) is 25.6 Å². The molecule has 0 unspecified atom stereocenters. The summed E-state index contributed by atoms with van der Waals surface area (Å²) < 4.78 is 12.0. The number of carbonyl (C=O) groups excluding carboxylic acids is 1. The van der Waals surface area contributed by atoms with Gasteiger partial charge in [-0.1, -0.05) is 0 Å². The monoisotopic (exact) mass is 529 g/mol. The van der Waals surface area contributed by atoms with Crippen molar-refractivity contribution < 1.29 is 24.2 Å². The maximum atomic E-state index is 13.0. The van der Waals surface area contributed by atoms with E-state index in [1.165, 1.54) is 24.9 Å². The molecule has 1 fully saturated rings. The van der Waals surface area contributed by atoms with Gasteiger partial charge < -0.3 is 24.8 Å². The van der Waals surface area contributed by atoms with Crippen molar-refractivity contribution in [2.75, 3.05) is 31.0 Å². The number of benzene rings is 2. The van der Waals surface area contributed by atoms with Crippen molar-refractivity contribution in [3.05, 3.63) is 76.2 Å². The molecule has 0 aliphatic carbocycles. The van der Waals surface area contributed by atoms with Crippen LogP contribution in [-0.2, 0) is 4.79 Å². The highest BCUT2D eigenvalue weighted by molar-refractivity contribution is 6.04. The van der Waals surface area contributed by atoms with Crippen LogP contribution in [0, 0.1) is 6.92 Å². The number of aromatic nitrogens is 3. The number of carboxylic acids is 1. The minimum Gasteiger partial charge on any atom is -0.493 e. The molecule has 0 radical (unpaired) electrons. The van der Waals surface area contributed by atoms with Gasteiger partial charge in [0, 0.05) is 35.3 Å². The van der Waals surface area contributed by atoms with Gasteiger partial charge in [-0.3, -0.25) is 14.2 Å². The summed E-state index contributed by atoms with van der Waals surface area (Å²) in [5.41, 5.74) is 2.11. The number of aryl methyl sites for hydroxylation is 1. The molecule has 4 aromatic rings. The minimum absolute atomic E-state index is 0.273. The second kappa shape index (κ2) is 10.4. The molecule has 39 heavy (non-hydrogen) atoms. The fourth-order valence-corrected chi connectivity index (χ4v) is 4.77. The highest BCUT2D eigenvalue weighted by atomic mass is 16.5. The van der Waals surface area contributed by atoms with Gasteiger partial charge in [-0.25, -0.2) is 9.78 Å². The predicted octanol–water partition coefficient (Wildman–Crippen LogP) is 3.41. The predicted molar refractivity (Wildman–Crippen MR) is 145 cm³/mol. The van der Waals surface area contributed by atoms with Crippen LogP contribution in [0.25, 0.3) is 16.7 Å². The number of carbonyl (C=O) groups is 2. The van der Waals surface area contributed by atoms with Gasteiger partial charge in [0.1, 0.15) is 6.04 Å². The van der Waals surface area contributed by atoms with Crippen LogP contribution in [0.5, 0.6) is 11.5 Å². The van der Waals surface area contributed by atoms with E-state index >= 15 is 0 Å². The summed E-state index contributed by atoms with van der Waals surface area (Å²) in [5.74, 6) is 0.0386. The van der Waals surface area contributed by atoms with Crippen molar-refractivity contribution in [2.45, 2.75) is 25.8 Å². The first-order chi connectivity index (χ1) is 18.8. The first-order valence-electron chi connectivity index (χ1n) is 12.3. The van der Waals surface area contributed by atoms with Crippen molar-refractivity contribution in [1.82, 2.24) is 14.5 Å². The van der Waals surface area contributed by atoms with E-state index in [1.54, 1.807) is 60.4 Å². The maximum Gasteiger partial charge on any atom is 0.326 e. The number of anilines is 2. The smallest absolute Gasteiger partial charge is 0.326 e. The number of carboxylic acid groups (broad SMARTS) is 1. The number of pyridine rings is 1. The first-order valence-corrected chi connectivity index (χ1v) is 12.3. The second-order valence-electron chi connectivity index (χ2n) is 9.11. The third kappa shape index (κ3) is 4.86. The number of fused-ring (bicyclic) bond motifs is 1. The van der Waals surface area contributed by atoms with Crippen LogP contribution >= 0.6 is 0 Å². The third-order valence-electron chi connectivity index (χ3n) is 6.75. The van der Waals surface area contributed by atoms with Crippen molar-refractivity contribution in [2.24, 2.45) is 0 Å². The van der Waals surface area contributed by atoms with Crippen LogP contribution in [0.1, 0.15) is 28.9 Å². The Morgan fingerprint density at radius 2 is 1.74 bits per heavy atom. The number of hydrogen-bond acceptors (Lipinski definition) is 8. The lowest BCUT2D eigenvalue weighted by atomic mass is 10.1. The largest absolute Gasteiger partial charge is 0.493 e. The average molecular weight is 530 g/mol. The lowest BCUT2D eigenvalue weighted by Gasteiger charge is -2.22. The summed E-state index contributed by atoms with van der Waals surface area (Å²) in [6.45, 7) is 2.32. The zero-order chi connectivity index (χ0) is 27.7. The summed E-state index contributed by atoms with van der Waals surface area (Å²) in [6, 6.07) is 14.0. The van der Waals surface area contributed by atoms with E-state index in [4.69, 9.17) is 9.47 Å². The quantitative estimate of drug-likeness (QED) is 0.369. The van der Waals surface area contributed by atoms with E-state index in [0.29, 0.717) is 64.6 Å². The Morgan fingerprint density at radius 3 is 2.44 bits per heavy atom. The molecular weight excluding hydrogens is 502 g/mol. The first kappa shape index (κ1) is 25.7. The zero-order valence-corrected chi connectivity index (χ0v) is 21.7. The Labute approximate surface area is 223 Å². The van der Waals surface area contributed by atoms with Gasteiger partial charge in [-0.2, -0.15) is 4.98 Å². The maximum absolute atomic E-state index is 13.0. The number of methoxy groups -OCH3 is 2. The fourth-order valence-electron chi connectivity index (χ4n) is 4.77. The summed E-state index contributed by atoms with van der Waals surface area (Å²) >= 11 is 0. The Balaban J connectivity index is 1.48. The van der Waals surface area contributed by atoms with Crippen molar-refractivity contribution in [3.8, 4) is 17.2 Å². The molecule has 2 aromatic heterocycles. The van der Waals surface area contributed by atoms with E-state index in [9.17, 15) is 19.5 Å². The molecular formula is C28H27N5O6. The number of nitrogens with one attached hydrogen (secondary N) is 1. The van der Waals surface area contributed by atoms with Crippen LogP contribution < -0.4 is 25.2 Å². The van der Waals surface area contributed by atoms with Crippen molar-refractivity contribution >= 4 is 34.5 Å². The SMILES string of the molecule is COc1ccc(NC(=O)c2ccc(-n3c(=O)ccc4c(C)nc(N5CCC[C@H]5C(=O)O)nc43)cc2)cc1OC. The molecule has 0 bridgehead atoms. The summed E-state index contributed by atoms with van der Waals surface area (Å²) in [7, 11) is 3.05. The lowest BCUT2D eigenvalue weighted by molar-refractivity contribution is -0.138. The van der Waals surface area contributed by atoms with Gasteiger partial charge in [-0.05, 0) is 62.2 Å². The summed E-state index contributed by atoms with van der Waals surface area (Å²) in [4.78, 5) is 48.5. The molecule has 1 aliphatic rings. The molecule has 5 rings (SSSR count). The summed E-state index contributed by atoms with van der Waals surface area (Å²) in [6.07, 6.45) is 1.22. The Kier molecular flexibility index (Phi) is 6.88. The molecule has 1 saturated heterocycles. The number of ether oxygens (including phenoxy) is 2. The molecule has 2 aromatic carbocycles. The van der Waals surface area contributed by atoms with E-state index < -0.39 is 12.0 Å². The van der Waals surface area contributed by atoms with Gasteiger partial charge in [0.15, 0.2) is 17.1 Å². The van der Waals surface area contributed by atoms with Crippen LogP contribution in [0.15, 0.2) is 59.4 Å². The van der Waals surface area contributed by atoms with Crippen LogP contribution in [0.3, 0.4) is 0 Å². The molecule has 1 amide bonds. The van der Waals surface area contributed by atoms with E-state index in [2.05, 4.69) is 15.3 Å². The summed E-state index contributed by atoms with van der Waals surface area (Å²) in [5, 5.41) is 13.1. The normalized spacial score (nSPS) is 14.8. The highest BCUT2D eigenvalue weighted by Gasteiger charge is 2.33. The average Bonchev–Trinajstić information content (AvgIpc) is 3.43. The van der Waals surface area contributed by atoms with E-state index in [0.717, 1.165) is 0 Å². The molecule has 2 N–H and O–H groups in total. The minimum atomic E-state index is -0.929. The topological polar surface area (TPSA) is 136 Å². The number of nitrogens with zero attached hydrogens (tertiary/aromatic N) is 4. The molecule has 1 atom stereocenters. The number of aliphatic carboxylic acids is 1. The number of amides is 1. The second-order valence-corrected chi connectivity index (χ2v) is 9.11. The molecule has 3 heterocycles. The number of rotatable bonds is 7. The molecule has 0 spiro atoms. The highest BCUT2D eigenvalue weighted by Crippen LogP contribution is 2.30. The molecule has 1 aliphatic heterocycles.